The Morgan fingerprint density at radius 2 is 1.60 bits per heavy atom. The number of hydrogen-bond donors (Lipinski definition) is 0. The van der Waals surface area contributed by atoms with Crippen LogP contribution in [0, 0.1) is 13.8 Å². The SMILES string of the molecule is Cc1ccc(Sc2ccccc2N2C(=O)CN(C(=O)OC(C)(C)C)CC2=O)c(C)c1. The van der Waals surface area contributed by atoms with Gasteiger partial charge in [0.2, 0.25) is 0 Å². The van der Waals surface area contributed by atoms with Gasteiger partial charge >= 0.3 is 6.09 Å². The summed E-state index contributed by atoms with van der Waals surface area (Å²) in [6.45, 7) is 8.89. The maximum atomic E-state index is 12.8. The van der Waals surface area contributed by atoms with E-state index >= 15 is 0 Å². The molecule has 7 heteroatoms. The van der Waals surface area contributed by atoms with Gasteiger partial charge in [0.15, 0.2) is 0 Å². The molecule has 2 aromatic carbocycles. The molecule has 1 fully saturated rings. The molecule has 1 heterocycles. The van der Waals surface area contributed by atoms with E-state index in [1.54, 1.807) is 32.9 Å². The Labute approximate surface area is 181 Å². The number of amides is 3. The lowest BCUT2D eigenvalue weighted by molar-refractivity contribution is -0.131. The molecular weight excluding hydrogens is 400 g/mol. The van der Waals surface area contributed by atoms with E-state index in [4.69, 9.17) is 4.74 Å². The highest BCUT2D eigenvalue weighted by Gasteiger charge is 2.37. The Morgan fingerprint density at radius 1 is 0.967 bits per heavy atom. The largest absolute Gasteiger partial charge is 0.444 e. The van der Waals surface area contributed by atoms with E-state index in [-0.39, 0.29) is 13.1 Å². The lowest BCUT2D eigenvalue weighted by Gasteiger charge is -2.34. The van der Waals surface area contributed by atoms with Crippen molar-refractivity contribution in [2.45, 2.75) is 50.0 Å². The smallest absolute Gasteiger partial charge is 0.411 e. The molecule has 30 heavy (non-hydrogen) atoms. The molecule has 3 amide bonds. The summed E-state index contributed by atoms with van der Waals surface area (Å²) in [6.07, 6.45) is -0.665. The first-order valence-electron chi connectivity index (χ1n) is 9.73. The van der Waals surface area contributed by atoms with E-state index in [1.165, 1.54) is 22.2 Å². The van der Waals surface area contributed by atoms with Gasteiger partial charge in [0, 0.05) is 9.79 Å². The van der Waals surface area contributed by atoms with Crippen LogP contribution in [-0.4, -0.2) is 41.5 Å². The van der Waals surface area contributed by atoms with Gasteiger partial charge in [-0.05, 0) is 58.4 Å². The van der Waals surface area contributed by atoms with Gasteiger partial charge in [0.05, 0.1) is 5.69 Å². The zero-order valence-corrected chi connectivity index (χ0v) is 18.7. The Morgan fingerprint density at radius 3 is 2.20 bits per heavy atom. The number of anilines is 1. The molecule has 1 saturated heterocycles. The number of hydrogen-bond acceptors (Lipinski definition) is 5. The van der Waals surface area contributed by atoms with Crippen LogP contribution in [0.25, 0.3) is 0 Å². The highest BCUT2D eigenvalue weighted by atomic mass is 32.2. The van der Waals surface area contributed by atoms with Crippen LogP contribution in [0.4, 0.5) is 10.5 Å². The summed E-state index contributed by atoms with van der Waals surface area (Å²) in [6, 6.07) is 13.5. The van der Waals surface area contributed by atoms with Crippen molar-refractivity contribution >= 4 is 35.4 Å². The van der Waals surface area contributed by atoms with Crippen LogP contribution >= 0.6 is 11.8 Å². The van der Waals surface area contributed by atoms with Crippen LogP contribution in [0.3, 0.4) is 0 Å². The standard InChI is InChI=1S/C23H26N2O4S/c1-15-10-11-18(16(2)12-15)30-19-9-7-6-8-17(19)25-20(26)13-24(14-21(25)27)22(28)29-23(3,4)5/h6-12H,13-14H2,1-5H3. The van der Waals surface area contributed by atoms with Gasteiger partial charge in [-0.2, -0.15) is 0 Å². The molecule has 0 aliphatic carbocycles. The van der Waals surface area contributed by atoms with Crippen molar-refractivity contribution in [2.75, 3.05) is 18.0 Å². The number of para-hydroxylation sites is 1. The van der Waals surface area contributed by atoms with Crippen molar-refractivity contribution in [3.8, 4) is 0 Å². The number of nitrogens with zero attached hydrogens (tertiary/aromatic N) is 2. The van der Waals surface area contributed by atoms with Crippen LogP contribution in [0.5, 0.6) is 0 Å². The molecule has 1 aliphatic rings. The fourth-order valence-corrected chi connectivity index (χ4v) is 4.15. The summed E-state index contributed by atoms with van der Waals surface area (Å²) in [5.74, 6) is -0.906. The Hall–Kier alpha value is -2.80. The molecular formula is C23H26N2O4S. The van der Waals surface area contributed by atoms with E-state index in [2.05, 4.69) is 6.07 Å². The minimum absolute atomic E-state index is 0.205. The first-order valence-corrected chi connectivity index (χ1v) is 10.5. The second-order valence-corrected chi connectivity index (χ2v) is 9.38. The third kappa shape index (κ3) is 5.02. The molecule has 0 saturated carbocycles. The molecule has 6 nitrogen and oxygen atoms in total. The van der Waals surface area contributed by atoms with Crippen molar-refractivity contribution in [2.24, 2.45) is 0 Å². The lowest BCUT2D eigenvalue weighted by atomic mass is 10.2. The van der Waals surface area contributed by atoms with E-state index < -0.39 is 23.5 Å². The number of ether oxygens (including phenoxy) is 1. The maximum absolute atomic E-state index is 12.8. The molecule has 0 N–H and O–H groups in total. The van der Waals surface area contributed by atoms with Crippen molar-refractivity contribution in [3.63, 3.8) is 0 Å². The summed E-state index contributed by atoms with van der Waals surface area (Å²) in [5.41, 5.74) is 2.13. The van der Waals surface area contributed by atoms with Gasteiger partial charge in [-0.1, -0.05) is 41.6 Å². The average Bonchev–Trinajstić information content (AvgIpc) is 2.63. The predicted octanol–water partition coefficient (Wildman–Crippen LogP) is 4.56. The molecule has 0 aromatic heterocycles. The fraction of sp³-hybridized carbons (Fsp3) is 0.348. The average molecular weight is 427 g/mol. The minimum atomic E-state index is -0.699. The van der Waals surface area contributed by atoms with E-state index in [1.807, 2.05) is 38.1 Å². The minimum Gasteiger partial charge on any atom is -0.444 e. The lowest BCUT2D eigenvalue weighted by Crippen LogP contribution is -2.56. The number of piperazine rings is 1. The number of imide groups is 1. The van der Waals surface area contributed by atoms with Crippen LogP contribution in [-0.2, 0) is 14.3 Å². The second-order valence-electron chi connectivity index (χ2n) is 8.30. The summed E-state index contributed by atoms with van der Waals surface area (Å²) in [4.78, 5) is 42.2. The molecule has 2 aromatic rings. The van der Waals surface area contributed by atoms with E-state index in [9.17, 15) is 14.4 Å². The highest BCUT2D eigenvalue weighted by molar-refractivity contribution is 7.99. The Balaban J connectivity index is 1.84. The van der Waals surface area contributed by atoms with Crippen LogP contribution in [0.15, 0.2) is 52.3 Å². The zero-order valence-electron chi connectivity index (χ0n) is 17.9. The Kier molecular flexibility index (Phi) is 6.22. The van der Waals surface area contributed by atoms with Gasteiger partial charge in [-0.3, -0.25) is 14.5 Å². The first kappa shape index (κ1) is 21.9. The van der Waals surface area contributed by atoms with Crippen molar-refractivity contribution < 1.29 is 19.1 Å². The van der Waals surface area contributed by atoms with E-state index in [0.717, 1.165) is 20.3 Å². The second kappa shape index (κ2) is 8.52. The first-order chi connectivity index (χ1) is 14.0. The molecule has 3 rings (SSSR count). The summed E-state index contributed by atoms with van der Waals surface area (Å²) in [5, 5.41) is 0. The molecule has 0 spiro atoms. The normalized spacial score (nSPS) is 14.8. The topological polar surface area (TPSA) is 66.9 Å². The van der Waals surface area contributed by atoms with Gasteiger partial charge < -0.3 is 4.74 Å². The molecule has 158 valence electrons. The van der Waals surface area contributed by atoms with Crippen LogP contribution in [0.1, 0.15) is 31.9 Å². The van der Waals surface area contributed by atoms with Crippen molar-refractivity contribution in [1.29, 1.82) is 0 Å². The van der Waals surface area contributed by atoms with Gasteiger partial charge in [-0.15, -0.1) is 0 Å². The van der Waals surface area contributed by atoms with E-state index in [0.29, 0.717) is 5.69 Å². The molecule has 1 aliphatic heterocycles. The molecule has 0 radical (unpaired) electrons. The number of carbonyl (C=O) groups excluding carboxylic acids is 3. The number of rotatable bonds is 3. The zero-order chi connectivity index (χ0) is 22.1. The molecule has 0 unspecified atom stereocenters. The monoisotopic (exact) mass is 426 g/mol. The predicted molar refractivity (Wildman–Crippen MR) is 117 cm³/mol. The maximum Gasteiger partial charge on any atom is 0.411 e. The molecule has 0 bridgehead atoms. The third-order valence-corrected chi connectivity index (χ3v) is 5.70. The van der Waals surface area contributed by atoms with Gasteiger partial charge in [0.1, 0.15) is 18.7 Å². The summed E-state index contributed by atoms with van der Waals surface area (Å²) < 4.78 is 5.30. The van der Waals surface area contributed by atoms with Gasteiger partial charge in [-0.25, -0.2) is 9.69 Å². The van der Waals surface area contributed by atoms with Crippen molar-refractivity contribution in [3.05, 3.63) is 53.6 Å². The number of aryl methyl sites for hydroxylation is 2. The number of benzene rings is 2. The van der Waals surface area contributed by atoms with Crippen molar-refractivity contribution in [1.82, 2.24) is 4.90 Å². The molecule has 0 atom stereocenters. The third-order valence-electron chi connectivity index (χ3n) is 4.46. The summed E-state index contributed by atoms with van der Waals surface area (Å²) in [7, 11) is 0. The highest BCUT2D eigenvalue weighted by Crippen LogP contribution is 2.37. The Bertz CT molecular complexity index is 979. The van der Waals surface area contributed by atoms with Crippen LogP contribution in [0.2, 0.25) is 0 Å². The summed E-state index contributed by atoms with van der Waals surface area (Å²) >= 11 is 1.51. The van der Waals surface area contributed by atoms with Crippen LogP contribution < -0.4 is 4.90 Å². The van der Waals surface area contributed by atoms with Gasteiger partial charge in [0.25, 0.3) is 11.8 Å². The quantitative estimate of drug-likeness (QED) is 0.673. The fourth-order valence-electron chi connectivity index (χ4n) is 3.15. The number of carbonyl (C=O) groups is 3.